The number of rotatable bonds is 3. The van der Waals surface area contributed by atoms with Crippen LogP contribution in [0.5, 0.6) is 5.75 Å². The van der Waals surface area contributed by atoms with Gasteiger partial charge in [-0.3, -0.25) is 4.79 Å². The molecule has 2 aliphatic rings. The second kappa shape index (κ2) is 5.69. The molecule has 0 N–H and O–H groups in total. The predicted molar refractivity (Wildman–Crippen MR) is 91.3 cm³/mol. The lowest BCUT2D eigenvalue weighted by atomic mass is 9.86. The zero-order valence-electron chi connectivity index (χ0n) is 13.2. The van der Waals surface area contributed by atoms with Gasteiger partial charge in [0.2, 0.25) is 0 Å². The third kappa shape index (κ3) is 2.81. The molecule has 1 fully saturated rings. The highest BCUT2D eigenvalue weighted by Gasteiger charge is 2.36. The van der Waals surface area contributed by atoms with Crippen molar-refractivity contribution < 1.29 is 9.53 Å². The molecule has 0 spiro atoms. The highest BCUT2D eigenvalue weighted by atomic mass is 16.5. The Hall–Kier alpha value is -2.35. The molecule has 0 radical (unpaired) electrons. The highest BCUT2D eigenvalue weighted by molar-refractivity contribution is 5.70. The summed E-state index contributed by atoms with van der Waals surface area (Å²) in [6.07, 6.45) is 7.43. The highest BCUT2D eigenvalue weighted by Crippen LogP contribution is 2.48. The van der Waals surface area contributed by atoms with Crippen molar-refractivity contribution in [2.75, 3.05) is 0 Å². The van der Waals surface area contributed by atoms with Crippen LogP contribution in [0.4, 0.5) is 0 Å². The van der Waals surface area contributed by atoms with Crippen LogP contribution in [0, 0.1) is 11.8 Å². The van der Waals surface area contributed by atoms with Gasteiger partial charge in [-0.2, -0.15) is 0 Å². The molecule has 0 aromatic heterocycles. The number of carbonyl (C=O) groups excluding carboxylic acids is 1. The van der Waals surface area contributed by atoms with Crippen molar-refractivity contribution in [1.82, 2.24) is 0 Å². The Bertz CT molecular complexity index is 740. The standard InChI is InChI=1S/C21H20O2/c1-14(22)23-20-10-8-17(9-11-20)16-4-6-18(7-5-16)21-13-15-2-3-19(21)12-15/h2-11,15,19,21H,12-13H2,1H3. The number of ether oxygens (including phenoxy) is 1. The van der Waals surface area contributed by atoms with E-state index in [9.17, 15) is 4.79 Å². The van der Waals surface area contributed by atoms with Crippen molar-refractivity contribution in [1.29, 1.82) is 0 Å². The molecule has 0 heterocycles. The van der Waals surface area contributed by atoms with Crippen molar-refractivity contribution in [3.63, 3.8) is 0 Å². The molecule has 0 aliphatic heterocycles. The molecule has 2 aromatic carbocycles. The molecule has 2 bridgehead atoms. The van der Waals surface area contributed by atoms with E-state index in [1.54, 1.807) is 0 Å². The monoisotopic (exact) mass is 304 g/mol. The van der Waals surface area contributed by atoms with Gasteiger partial charge in [-0.25, -0.2) is 0 Å². The Kier molecular flexibility index (Phi) is 3.53. The van der Waals surface area contributed by atoms with E-state index < -0.39 is 0 Å². The van der Waals surface area contributed by atoms with E-state index in [2.05, 4.69) is 36.4 Å². The fourth-order valence-corrected chi connectivity index (χ4v) is 3.97. The van der Waals surface area contributed by atoms with Crippen molar-refractivity contribution in [3.05, 3.63) is 66.2 Å². The summed E-state index contributed by atoms with van der Waals surface area (Å²) < 4.78 is 5.07. The zero-order valence-corrected chi connectivity index (χ0v) is 13.2. The summed E-state index contributed by atoms with van der Waals surface area (Å²) in [5.74, 6) is 2.55. The Labute approximate surface area is 136 Å². The molecule has 1 saturated carbocycles. The predicted octanol–water partition coefficient (Wildman–Crippen LogP) is 4.96. The lowest BCUT2D eigenvalue weighted by molar-refractivity contribution is -0.131. The maximum absolute atomic E-state index is 11.0. The van der Waals surface area contributed by atoms with Gasteiger partial charge in [0, 0.05) is 6.92 Å². The average molecular weight is 304 g/mol. The minimum Gasteiger partial charge on any atom is -0.427 e. The molecule has 4 rings (SSSR count). The topological polar surface area (TPSA) is 26.3 Å². The molecule has 23 heavy (non-hydrogen) atoms. The fourth-order valence-electron chi connectivity index (χ4n) is 3.97. The number of benzene rings is 2. The van der Waals surface area contributed by atoms with Crippen LogP contribution in [0.25, 0.3) is 11.1 Å². The van der Waals surface area contributed by atoms with Crippen molar-refractivity contribution in [3.8, 4) is 16.9 Å². The summed E-state index contributed by atoms with van der Waals surface area (Å²) >= 11 is 0. The van der Waals surface area contributed by atoms with Crippen LogP contribution in [-0.2, 0) is 4.79 Å². The van der Waals surface area contributed by atoms with Gasteiger partial charge in [-0.1, -0.05) is 48.6 Å². The number of fused-ring (bicyclic) bond motifs is 2. The second-order valence-electron chi connectivity index (χ2n) is 6.63. The van der Waals surface area contributed by atoms with Gasteiger partial charge >= 0.3 is 5.97 Å². The van der Waals surface area contributed by atoms with Gasteiger partial charge in [0.1, 0.15) is 5.75 Å². The Morgan fingerprint density at radius 1 is 0.913 bits per heavy atom. The maximum atomic E-state index is 11.0. The third-order valence-corrected chi connectivity index (χ3v) is 5.07. The van der Waals surface area contributed by atoms with Crippen molar-refractivity contribution >= 4 is 5.97 Å². The first kappa shape index (κ1) is 14.3. The Balaban J connectivity index is 1.52. The van der Waals surface area contributed by atoms with Crippen molar-refractivity contribution in [2.45, 2.75) is 25.7 Å². The van der Waals surface area contributed by atoms with E-state index in [1.807, 2.05) is 24.3 Å². The number of carbonyl (C=O) groups is 1. The van der Waals surface area contributed by atoms with E-state index in [-0.39, 0.29) is 5.97 Å². The Morgan fingerprint density at radius 2 is 1.57 bits per heavy atom. The average Bonchev–Trinajstić information content (AvgIpc) is 3.18. The first-order valence-electron chi connectivity index (χ1n) is 8.26. The van der Waals surface area contributed by atoms with Crippen LogP contribution in [0.3, 0.4) is 0 Å². The summed E-state index contributed by atoms with van der Waals surface area (Å²) in [5.41, 5.74) is 3.80. The minimum atomic E-state index is -0.290. The Morgan fingerprint density at radius 3 is 2.09 bits per heavy atom. The molecule has 0 amide bonds. The first-order valence-corrected chi connectivity index (χ1v) is 8.26. The normalized spacial score (nSPS) is 24.8. The minimum absolute atomic E-state index is 0.290. The van der Waals surface area contributed by atoms with Gasteiger partial charge in [0.25, 0.3) is 0 Å². The molecule has 2 nitrogen and oxygen atoms in total. The van der Waals surface area contributed by atoms with E-state index >= 15 is 0 Å². The largest absolute Gasteiger partial charge is 0.427 e. The molecular weight excluding hydrogens is 284 g/mol. The smallest absolute Gasteiger partial charge is 0.308 e. The summed E-state index contributed by atoms with van der Waals surface area (Å²) in [6.45, 7) is 1.41. The second-order valence-corrected chi connectivity index (χ2v) is 6.63. The molecular formula is C21H20O2. The molecule has 2 heteroatoms. The SMILES string of the molecule is CC(=O)Oc1ccc(-c2ccc(C3CC4C=CC3C4)cc2)cc1. The summed E-state index contributed by atoms with van der Waals surface area (Å²) in [7, 11) is 0. The van der Waals surface area contributed by atoms with Crippen LogP contribution >= 0.6 is 0 Å². The molecule has 116 valence electrons. The van der Waals surface area contributed by atoms with Crippen LogP contribution in [0.2, 0.25) is 0 Å². The summed E-state index contributed by atoms with van der Waals surface area (Å²) in [6, 6.07) is 16.6. The van der Waals surface area contributed by atoms with Gasteiger partial charge < -0.3 is 4.74 Å². The van der Waals surface area contributed by atoms with Gasteiger partial charge in [-0.05, 0) is 59.4 Å². The van der Waals surface area contributed by atoms with Crippen molar-refractivity contribution in [2.24, 2.45) is 11.8 Å². The maximum Gasteiger partial charge on any atom is 0.308 e. The van der Waals surface area contributed by atoms with Crippen LogP contribution < -0.4 is 4.74 Å². The number of esters is 1. The third-order valence-electron chi connectivity index (χ3n) is 5.07. The molecule has 2 aliphatic carbocycles. The molecule has 2 aromatic rings. The molecule has 0 saturated heterocycles. The van der Waals surface area contributed by atoms with E-state index in [1.165, 1.54) is 30.9 Å². The van der Waals surface area contributed by atoms with E-state index in [0.29, 0.717) is 11.7 Å². The molecule has 3 atom stereocenters. The van der Waals surface area contributed by atoms with E-state index in [0.717, 1.165) is 17.4 Å². The summed E-state index contributed by atoms with van der Waals surface area (Å²) in [4.78, 5) is 11.0. The van der Waals surface area contributed by atoms with Gasteiger partial charge in [0.05, 0.1) is 0 Å². The van der Waals surface area contributed by atoms with Crippen LogP contribution in [0.1, 0.15) is 31.2 Å². The molecule has 3 unspecified atom stereocenters. The van der Waals surface area contributed by atoms with Crippen LogP contribution in [0.15, 0.2) is 60.7 Å². The number of hydrogen-bond acceptors (Lipinski definition) is 2. The lowest BCUT2D eigenvalue weighted by Crippen LogP contribution is -2.04. The van der Waals surface area contributed by atoms with Gasteiger partial charge in [0.15, 0.2) is 0 Å². The van der Waals surface area contributed by atoms with Crippen LogP contribution in [-0.4, -0.2) is 5.97 Å². The first-order chi connectivity index (χ1) is 11.2. The van der Waals surface area contributed by atoms with E-state index in [4.69, 9.17) is 4.74 Å². The fraction of sp³-hybridized carbons (Fsp3) is 0.286. The number of hydrogen-bond donors (Lipinski definition) is 0. The quantitative estimate of drug-likeness (QED) is 0.455. The van der Waals surface area contributed by atoms with Gasteiger partial charge in [-0.15, -0.1) is 0 Å². The lowest BCUT2D eigenvalue weighted by Gasteiger charge is -2.18. The summed E-state index contributed by atoms with van der Waals surface area (Å²) in [5, 5.41) is 0. The zero-order chi connectivity index (χ0) is 15.8. The number of allylic oxidation sites excluding steroid dienone is 2.